The Labute approximate surface area is 106 Å². The molecule has 0 radical (unpaired) electrons. The van der Waals surface area contributed by atoms with Crippen molar-refractivity contribution in [1.29, 1.82) is 0 Å². The van der Waals surface area contributed by atoms with Crippen molar-refractivity contribution in [3.63, 3.8) is 0 Å². The second-order valence-electron chi connectivity index (χ2n) is 3.69. The SMILES string of the molecule is CC.CC(C)Cc1cc2c(Cl)ncnc2s1. The summed E-state index contributed by atoms with van der Waals surface area (Å²) in [6.45, 7) is 8.41. The molecule has 88 valence electrons. The van der Waals surface area contributed by atoms with Gasteiger partial charge in [0.15, 0.2) is 0 Å². The first-order chi connectivity index (χ1) is 7.66. The summed E-state index contributed by atoms with van der Waals surface area (Å²) in [5, 5.41) is 1.54. The molecule has 0 aromatic carbocycles. The lowest BCUT2D eigenvalue weighted by Crippen LogP contribution is -1.89. The maximum Gasteiger partial charge on any atom is 0.141 e. The molecule has 0 saturated heterocycles. The van der Waals surface area contributed by atoms with E-state index < -0.39 is 0 Å². The van der Waals surface area contributed by atoms with Gasteiger partial charge in [-0.2, -0.15) is 0 Å². The van der Waals surface area contributed by atoms with Gasteiger partial charge in [-0.3, -0.25) is 0 Å². The van der Waals surface area contributed by atoms with E-state index in [1.54, 1.807) is 11.3 Å². The maximum absolute atomic E-state index is 5.96. The Bertz CT molecular complexity index is 451. The third-order valence-corrected chi connectivity index (χ3v) is 3.31. The van der Waals surface area contributed by atoms with Crippen LogP contribution in [0.2, 0.25) is 5.15 Å². The van der Waals surface area contributed by atoms with Gasteiger partial charge in [0.05, 0.1) is 0 Å². The molecule has 0 bridgehead atoms. The lowest BCUT2D eigenvalue weighted by molar-refractivity contribution is 0.654. The molecule has 0 N–H and O–H groups in total. The smallest absolute Gasteiger partial charge is 0.141 e. The van der Waals surface area contributed by atoms with Crippen molar-refractivity contribution in [3.05, 3.63) is 22.4 Å². The van der Waals surface area contributed by atoms with Gasteiger partial charge in [0.25, 0.3) is 0 Å². The second-order valence-corrected chi connectivity index (χ2v) is 5.17. The zero-order chi connectivity index (χ0) is 12.1. The summed E-state index contributed by atoms with van der Waals surface area (Å²) >= 11 is 7.67. The molecule has 0 aliphatic rings. The molecule has 0 aliphatic carbocycles. The predicted octanol–water partition coefficient (Wildman–Crippen LogP) is 4.57. The van der Waals surface area contributed by atoms with E-state index in [4.69, 9.17) is 11.6 Å². The van der Waals surface area contributed by atoms with E-state index in [1.807, 2.05) is 13.8 Å². The number of nitrogens with zero attached hydrogens (tertiary/aromatic N) is 2. The topological polar surface area (TPSA) is 25.8 Å². The summed E-state index contributed by atoms with van der Waals surface area (Å²) in [5.41, 5.74) is 0. The monoisotopic (exact) mass is 256 g/mol. The second kappa shape index (κ2) is 6.16. The van der Waals surface area contributed by atoms with E-state index in [9.17, 15) is 0 Å². The van der Waals surface area contributed by atoms with Crippen LogP contribution in [0.4, 0.5) is 0 Å². The minimum absolute atomic E-state index is 0.557. The average Bonchev–Trinajstić information content (AvgIpc) is 2.64. The van der Waals surface area contributed by atoms with Crippen LogP contribution in [0.25, 0.3) is 10.2 Å². The van der Waals surface area contributed by atoms with E-state index in [-0.39, 0.29) is 0 Å². The van der Waals surface area contributed by atoms with Gasteiger partial charge in [-0.25, -0.2) is 9.97 Å². The molecular weight excluding hydrogens is 240 g/mol. The van der Waals surface area contributed by atoms with Gasteiger partial charge in [-0.15, -0.1) is 11.3 Å². The predicted molar refractivity (Wildman–Crippen MR) is 72.3 cm³/mol. The van der Waals surface area contributed by atoms with Crippen molar-refractivity contribution < 1.29 is 0 Å². The average molecular weight is 257 g/mol. The summed E-state index contributed by atoms with van der Waals surface area (Å²) in [7, 11) is 0. The Morgan fingerprint density at radius 2 is 2.00 bits per heavy atom. The van der Waals surface area contributed by atoms with Crippen LogP contribution in [0, 0.1) is 5.92 Å². The molecule has 0 amide bonds. The largest absolute Gasteiger partial charge is 0.225 e. The van der Waals surface area contributed by atoms with Gasteiger partial charge >= 0.3 is 0 Å². The van der Waals surface area contributed by atoms with Crippen LogP contribution in [0.5, 0.6) is 0 Å². The summed E-state index contributed by atoms with van der Waals surface area (Å²) < 4.78 is 0. The van der Waals surface area contributed by atoms with E-state index in [0.717, 1.165) is 16.6 Å². The molecule has 0 saturated carbocycles. The fourth-order valence-corrected chi connectivity index (χ4v) is 2.83. The molecule has 4 heteroatoms. The van der Waals surface area contributed by atoms with Crippen LogP contribution in [-0.2, 0) is 6.42 Å². The molecule has 16 heavy (non-hydrogen) atoms. The fraction of sp³-hybridized carbons (Fsp3) is 0.500. The molecule has 2 aromatic heterocycles. The summed E-state index contributed by atoms with van der Waals surface area (Å²) in [4.78, 5) is 10.5. The molecule has 0 spiro atoms. The van der Waals surface area contributed by atoms with Crippen molar-refractivity contribution in [2.24, 2.45) is 5.92 Å². The van der Waals surface area contributed by atoms with Crippen LogP contribution in [0.3, 0.4) is 0 Å². The Hall–Kier alpha value is -0.670. The molecular formula is C12H17ClN2S. The lowest BCUT2D eigenvalue weighted by atomic mass is 10.1. The summed E-state index contributed by atoms with van der Waals surface area (Å²) in [6, 6.07) is 2.10. The molecule has 2 aromatic rings. The molecule has 2 nitrogen and oxygen atoms in total. The number of thiophene rings is 1. The highest BCUT2D eigenvalue weighted by molar-refractivity contribution is 7.18. The Morgan fingerprint density at radius 1 is 1.31 bits per heavy atom. The number of hydrogen-bond acceptors (Lipinski definition) is 3. The van der Waals surface area contributed by atoms with Crippen molar-refractivity contribution in [3.8, 4) is 0 Å². The summed E-state index contributed by atoms with van der Waals surface area (Å²) in [6.07, 6.45) is 2.59. The van der Waals surface area contributed by atoms with E-state index in [2.05, 4.69) is 29.9 Å². The van der Waals surface area contributed by atoms with Gasteiger partial charge in [0.1, 0.15) is 16.3 Å². The minimum Gasteiger partial charge on any atom is -0.225 e. The molecule has 0 atom stereocenters. The first-order valence-corrected chi connectivity index (χ1v) is 6.75. The van der Waals surface area contributed by atoms with Crippen LogP contribution < -0.4 is 0 Å². The van der Waals surface area contributed by atoms with Crippen molar-refractivity contribution >= 4 is 33.2 Å². The van der Waals surface area contributed by atoms with E-state index >= 15 is 0 Å². The van der Waals surface area contributed by atoms with Crippen molar-refractivity contribution in [2.75, 3.05) is 0 Å². The highest BCUT2D eigenvalue weighted by Crippen LogP contribution is 2.29. The lowest BCUT2D eigenvalue weighted by Gasteiger charge is -1.98. The molecule has 2 rings (SSSR count). The highest BCUT2D eigenvalue weighted by Gasteiger charge is 2.07. The first-order valence-electron chi connectivity index (χ1n) is 5.55. The number of aromatic nitrogens is 2. The van der Waals surface area contributed by atoms with E-state index in [1.165, 1.54) is 11.2 Å². The van der Waals surface area contributed by atoms with Gasteiger partial charge in [0.2, 0.25) is 0 Å². The zero-order valence-electron chi connectivity index (χ0n) is 10.1. The number of hydrogen-bond donors (Lipinski definition) is 0. The van der Waals surface area contributed by atoms with Gasteiger partial charge < -0.3 is 0 Å². The molecule has 0 unspecified atom stereocenters. The van der Waals surface area contributed by atoms with Crippen LogP contribution in [0.1, 0.15) is 32.6 Å². The van der Waals surface area contributed by atoms with Crippen LogP contribution in [-0.4, -0.2) is 9.97 Å². The molecule has 0 aliphatic heterocycles. The number of halogens is 1. The van der Waals surface area contributed by atoms with Crippen LogP contribution in [0.15, 0.2) is 12.4 Å². The minimum atomic E-state index is 0.557. The van der Waals surface area contributed by atoms with E-state index in [0.29, 0.717) is 11.1 Å². The third kappa shape index (κ3) is 3.16. The molecule has 0 fully saturated rings. The zero-order valence-corrected chi connectivity index (χ0v) is 11.7. The number of fused-ring (bicyclic) bond motifs is 1. The van der Waals surface area contributed by atoms with Crippen molar-refractivity contribution in [1.82, 2.24) is 9.97 Å². The Morgan fingerprint density at radius 3 is 2.56 bits per heavy atom. The fourth-order valence-electron chi connectivity index (χ4n) is 1.38. The van der Waals surface area contributed by atoms with Crippen molar-refractivity contribution in [2.45, 2.75) is 34.1 Å². The van der Waals surface area contributed by atoms with Gasteiger partial charge in [-0.05, 0) is 18.4 Å². The highest BCUT2D eigenvalue weighted by atomic mass is 35.5. The Balaban J connectivity index is 0.000000606. The standard InChI is InChI=1S/C10H11ClN2S.C2H6/c1-6(2)3-7-4-8-9(11)12-5-13-10(8)14-7;1-2/h4-6H,3H2,1-2H3;1-2H3. The first kappa shape index (κ1) is 13.4. The number of rotatable bonds is 2. The van der Waals surface area contributed by atoms with Gasteiger partial charge in [-0.1, -0.05) is 39.3 Å². The Kier molecular flexibility index (Phi) is 5.16. The normalized spacial score (nSPS) is 10.4. The summed E-state index contributed by atoms with van der Waals surface area (Å²) in [5.74, 6) is 0.662. The van der Waals surface area contributed by atoms with Crippen LogP contribution >= 0.6 is 22.9 Å². The quantitative estimate of drug-likeness (QED) is 0.736. The third-order valence-electron chi connectivity index (χ3n) is 1.94. The maximum atomic E-state index is 5.96. The van der Waals surface area contributed by atoms with Gasteiger partial charge in [0, 0.05) is 10.3 Å². The molecule has 2 heterocycles.